The number of hydrogen-bond acceptors (Lipinski definition) is 4. The fourth-order valence-electron chi connectivity index (χ4n) is 1.08. The molecule has 0 bridgehead atoms. The van der Waals surface area contributed by atoms with Gasteiger partial charge in [-0.05, 0) is 24.3 Å². The molecule has 0 radical (unpaired) electrons. The third-order valence-corrected chi connectivity index (χ3v) is 2.84. The fraction of sp³-hybridized carbons (Fsp3) is 0.111. The summed E-state index contributed by atoms with van der Waals surface area (Å²) in [7, 11) is 0. The highest BCUT2D eigenvalue weighted by Gasteiger charge is 2.35. The number of anilines is 1. The van der Waals surface area contributed by atoms with Crippen molar-refractivity contribution < 1.29 is 13.2 Å². The first-order valence-corrected chi connectivity index (χ1v) is 5.05. The maximum atomic E-state index is 12.3. The zero-order valence-electron chi connectivity index (χ0n) is 7.82. The van der Waals surface area contributed by atoms with Crippen molar-refractivity contribution in [2.75, 3.05) is 5.73 Å². The van der Waals surface area contributed by atoms with Crippen LogP contribution in [0.4, 0.5) is 18.9 Å². The van der Waals surface area contributed by atoms with Crippen LogP contribution in [0.2, 0.25) is 0 Å². The molecular weight excluding hydrogens is 239 g/mol. The summed E-state index contributed by atoms with van der Waals surface area (Å²) in [6, 6.07) is 6.42. The van der Waals surface area contributed by atoms with E-state index in [2.05, 4.69) is 10.2 Å². The Labute approximate surface area is 92.7 Å². The summed E-state index contributed by atoms with van der Waals surface area (Å²) in [5.74, 6) is 0. The molecule has 0 aliphatic heterocycles. The number of nitrogens with zero attached hydrogens (tertiary/aromatic N) is 2. The predicted molar refractivity (Wildman–Crippen MR) is 54.8 cm³/mol. The van der Waals surface area contributed by atoms with Crippen LogP contribution in [0.15, 0.2) is 24.3 Å². The van der Waals surface area contributed by atoms with Gasteiger partial charge in [-0.25, -0.2) is 0 Å². The minimum atomic E-state index is -4.44. The molecule has 1 heterocycles. The molecule has 0 saturated carbocycles. The Hall–Kier alpha value is -1.63. The lowest BCUT2D eigenvalue weighted by molar-refractivity contribution is -0.138. The van der Waals surface area contributed by atoms with E-state index in [4.69, 9.17) is 5.73 Å². The average molecular weight is 245 g/mol. The van der Waals surface area contributed by atoms with Crippen molar-refractivity contribution in [1.29, 1.82) is 0 Å². The number of aromatic nitrogens is 2. The number of benzene rings is 1. The van der Waals surface area contributed by atoms with Gasteiger partial charge in [-0.1, -0.05) is 11.3 Å². The molecule has 3 nitrogen and oxygen atoms in total. The third kappa shape index (κ3) is 2.13. The molecular formula is C9H6F3N3S. The smallest absolute Gasteiger partial charge is 0.399 e. The summed E-state index contributed by atoms with van der Waals surface area (Å²) in [4.78, 5) is 0. The highest BCUT2D eigenvalue weighted by Crippen LogP contribution is 2.34. The molecule has 0 saturated heterocycles. The van der Waals surface area contributed by atoms with Crippen LogP contribution in [0.25, 0.3) is 10.6 Å². The van der Waals surface area contributed by atoms with Crippen molar-refractivity contribution in [1.82, 2.24) is 10.2 Å². The van der Waals surface area contributed by atoms with Crippen LogP contribution in [0, 0.1) is 0 Å². The zero-order chi connectivity index (χ0) is 11.8. The molecule has 16 heavy (non-hydrogen) atoms. The van der Waals surface area contributed by atoms with Gasteiger partial charge < -0.3 is 5.73 Å². The molecule has 0 unspecified atom stereocenters. The highest BCUT2D eigenvalue weighted by molar-refractivity contribution is 7.14. The highest BCUT2D eigenvalue weighted by atomic mass is 32.1. The van der Waals surface area contributed by atoms with Gasteiger partial charge in [0.25, 0.3) is 0 Å². The van der Waals surface area contributed by atoms with Crippen molar-refractivity contribution >= 4 is 17.0 Å². The lowest BCUT2D eigenvalue weighted by atomic mass is 10.2. The van der Waals surface area contributed by atoms with Crippen LogP contribution < -0.4 is 5.73 Å². The number of nitrogens with two attached hydrogens (primary N) is 1. The molecule has 2 rings (SSSR count). The van der Waals surface area contributed by atoms with E-state index in [9.17, 15) is 13.2 Å². The van der Waals surface area contributed by atoms with Crippen molar-refractivity contribution in [3.8, 4) is 10.6 Å². The maximum absolute atomic E-state index is 12.3. The van der Waals surface area contributed by atoms with E-state index in [-0.39, 0.29) is 5.01 Å². The molecule has 0 aliphatic carbocycles. The third-order valence-electron chi connectivity index (χ3n) is 1.83. The Morgan fingerprint density at radius 3 is 2.19 bits per heavy atom. The SMILES string of the molecule is Nc1ccc(-c2nnc(C(F)(F)F)s2)cc1. The van der Waals surface area contributed by atoms with Gasteiger partial charge in [-0.2, -0.15) is 13.2 Å². The Balaban J connectivity index is 2.35. The quantitative estimate of drug-likeness (QED) is 0.786. The van der Waals surface area contributed by atoms with Crippen LogP contribution in [0.1, 0.15) is 5.01 Å². The standard InChI is InChI=1S/C9H6F3N3S/c10-9(11,12)8-15-14-7(16-8)5-1-3-6(13)4-2-5/h1-4H,13H2. The second-order valence-corrected chi connectivity index (χ2v) is 4.01. The average Bonchev–Trinajstić information content (AvgIpc) is 2.67. The number of rotatable bonds is 1. The topological polar surface area (TPSA) is 51.8 Å². The molecule has 0 aliphatic rings. The summed E-state index contributed by atoms with van der Waals surface area (Å²) in [6.45, 7) is 0. The number of halogens is 3. The van der Waals surface area contributed by atoms with Gasteiger partial charge >= 0.3 is 6.18 Å². The summed E-state index contributed by atoms with van der Waals surface area (Å²) >= 11 is 0.511. The van der Waals surface area contributed by atoms with E-state index >= 15 is 0 Å². The monoisotopic (exact) mass is 245 g/mol. The lowest BCUT2D eigenvalue weighted by Gasteiger charge is -1.98. The second-order valence-electron chi connectivity index (χ2n) is 3.03. The first kappa shape index (κ1) is 10.9. The van der Waals surface area contributed by atoms with Crippen molar-refractivity contribution in [3.63, 3.8) is 0 Å². The summed E-state index contributed by atoms with van der Waals surface area (Å²) in [5, 5.41) is 5.87. The Morgan fingerprint density at radius 2 is 1.69 bits per heavy atom. The Bertz CT molecular complexity index is 489. The van der Waals surface area contributed by atoms with Crippen LogP contribution in [0.3, 0.4) is 0 Å². The van der Waals surface area contributed by atoms with Crippen molar-refractivity contribution in [2.24, 2.45) is 0 Å². The normalized spacial score (nSPS) is 11.7. The molecule has 2 N–H and O–H groups in total. The molecule has 0 atom stereocenters. The Morgan fingerprint density at radius 1 is 1.06 bits per heavy atom. The van der Waals surface area contributed by atoms with E-state index < -0.39 is 11.2 Å². The molecule has 0 spiro atoms. The summed E-state index contributed by atoms with van der Waals surface area (Å²) < 4.78 is 36.8. The van der Waals surface area contributed by atoms with Gasteiger partial charge in [0.15, 0.2) is 0 Å². The van der Waals surface area contributed by atoms with Gasteiger partial charge in [0.1, 0.15) is 5.01 Å². The van der Waals surface area contributed by atoms with E-state index in [1.807, 2.05) is 0 Å². The van der Waals surface area contributed by atoms with Gasteiger partial charge in [0, 0.05) is 11.3 Å². The zero-order valence-corrected chi connectivity index (χ0v) is 8.64. The molecule has 1 aromatic heterocycles. The van der Waals surface area contributed by atoms with E-state index in [1.165, 1.54) is 0 Å². The molecule has 0 amide bonds. The van der Waals surface area contributed by atoms with E-state index in [0.29, 0.717) is 22.6 Å². The molecule has 0 fully saturated rings. The van der Waals surface area contributed by atoms with Gasteiger partial charge in [0.05, 0.1) is 0 Å². The van der Waals surface area contributed by atoms with Crippen LogP contribution >= 0.6 is 11.3 Å². The molecule has 7 heteroatoms. The Kier molecular flexibility index (Phi) is 2.55. The largest absolute Gasteiger partial charge is 0.445 e. The minimum absolute atomic E-state index is 0.229. The minimum Gasteiger partial charge on any atom is -0.399 e. The van der Waals surface area contributed by atoms with Gasteiger partial charge in [0.2, 0.25) is 5.01 Å². The number of alkyl halides is 3. The van der Waals surface area contributed by atoms with Crippen molar-refractivity contribution in [2.45, 2.75) is 6.18 Å². The maximum Gasteiger partial charge on any atom is 0.445 e. The molecule has 1 aromatic carbocycles. The lowest BCUT2D eigenvalue weighted by Crippen LogP contribution is -2.03. The first-order valence-electron chi connectivity index (χ1n) is 4.23. The van der Waals surface area contributed by atoms with E-state index in [1.54, 1.807) is 24.3 Å². The van der Waals surface area contributed by atoms with Crippen LogP contribution in [-0.2, 0) is 6.18 Å². The number of nitrogen functional groups attached to an aromatic ring is 1. The van der Waals surface area contributed by atoms with Crippen LogP contribution in [-0.4, -0.2) is 10.2 Å². The number of hydrogen-bond donors (Lipinski definition) is 1. The van der Waals surface area contributed by atoms with E-state index in [0.717, 1.165) is 0 Å². The fourth-order valence-corrected chi connectivity index (χ4v) is 1.80. The van der Waals surface area contributed by atoms with Gasteiger partial charge in [-0.3, -0.25) is 0 Å². The summed E-state index contributed by atoms with van der Waals surface area (Å²) in [6.07, 6.45) is -4.44. The van der Waals surface area contributed by atoms with Crippen molar-refractivity contribution in [3.05, 3.63) is 29.3 Å². The second kappa shape index (κ2) is 3.75. The van der Waals surface area contributed by atoms with Crippen LogP contribution in [0.5, 0.6) is 0 Å². The van der Waals surface area contributed by atoms with Gasteiger partial charge in [-0.15, -0.1) is 10.2 Å². The molecule has 84 valence electrons. The molecule has 2 aromatic rings. The predicted octanol–water partition coefficient (Wildman–Crippen LogP) is 2.81. The first-order chi connectivity index (χ1) is 7.47. The summed E-state index contributed by atoms with van der Waals surface area (Å²) in [5.41, 5.74) is 6.58.